The molecule has 0 aliphatic rings. The fraction of sp³-hybridized carbons (Fsp3) is 0.158. The number of hydrogen-bond donors (Lipinski definition) is 1. The minimum absolute atomic E-state index is 0.687. The summed E-state index contributed by atoms with van der Waals surface area (Å²) in [5.74, 6) is 0. The Morgan fingerprint density at radius 3 is 2.40 bits per heavy atom. The highest BCUT2D eigenvalue weighted by atomic mass is 32.2. The normalized spacial score (nSPS) is 11.5. The first-order valence-corrected chi connectivity index (χ1v) is 8.51. The van der Waals surface area contributed by atoms with Gasteiger partial charge in [-0.3, -0.25) is 0 Å². The van der Waals surface area contributed by atoms with Gasteiger partial charge in [0.25, 0.3) is 0 Å². The van der Waals surface area contributed by atoms with Crippen molar-refractivity contribution in [3.8, 4) is 0 Å². The number of fused-ring (bicyclic) bond motifs is 1. The molecule has 0 spiro atoms. The van der Waals surface area contributed by atoms with Crippen LogP contribution in [0.5, 0.6) is 0 Å². The monoisotopic (exact) mass is 354 g/mol. The maximum atomic E-state index is 8.49. The molecular formula is C19H18N2O3S. The molecule has 1 N–H and O–H groups in total. The molecule has 0 radical (unpaired) electrons. The van der Waals surface area contributed by atoms with Crippen molar-refractivity contribution in [3.63, 3.8) is 0 Å². The fourth-order valence-electron chi connectivity index (χ4n) is 2.81. The van der Waals surface area contributed by atoms with Crippen LogP contribution in [0, 0.1) is 20.8 Å². The van der Waals surface area contributed by atoms with Crippen LogP contribution in [0.1, 0.15) is 16.7 Å². The van der Waals surface area contributed by atoms with Crippen molar-refractivity contribution in [2.24, 2.45) is 10.2 Å². The summed E-state index contributed by atoms with van der Waals surface area (Å²) >= 11 is 0.895. The number of rotatable bonds is 5. The van der Waals surface area contributed by atoms with Crippen LogP contribution in [0.3, 0.4) is 0 Å². The van der Waals surface area contributed by atoms with Gasteiger partial charge in [0.1, 0.15) is 5.69 Å². The Morgan fingerprint density at radius 2 is 1.68 bits per heavy atom. The van der Waals surface area contributed by atoms with Gasteiger partial charge in [-0.05, 0) is 66.4 Å². The zero-order valence-corrected chi connectivity index (χ0v) is 15.0. The Balaban J connectivity index is 2.17. The lowest BCUT2D eigenvalue weighted by Crippen LogP contribution is -1.90. The maximum absolute atomic E-state index is 8.49. The van der Waals surface area contributed by atoms with Gasteiger partial charge in [-0.1, -0.05) is 35.4 Å². The molecule has 128 valence electrons. The van der Waals surface area contributed by atoms with Crippen LogP contribution in [0.15, 0.2) is 63.7 Å². The molecule has 25 heavy (non-hydrogen) atoms. The van der Waals surface area contributed by atoms with Gasteiger partial charge in [-0.25, -0.2) is 5.26 Å². The molecule has 0 atom stereocenters. The lowest BCUT2D eigenvalue weighted by atomic mass is 9.96. The first-order chi connectivity index (χ1) is 12.1. The van der Waals surface area contributed by atoms with Gasteiger partial charge in [0.05, 0.1) is 22.6 Å². The quantitative estimate of drug-likeness (QED) is 0.242. The van der Waals surface area contributed by atoms with Gasteiger partial charge in [0.15, 0.2) is 0 Å². The van der Waals surface area contributed by atoms with Gasteiger partial charge in [-0.15, -0.1) is 9.45 Å². The predicted octanol–water partition coefficient (Wildman–Crippen LogP) is 6.61. The second-order valence-corrected chi connectivity index (χ2v) is 6.46. The fourth-order valence-corrected chi connectivity index (χ4v) is 3.36. The van der Waals surface area contributed by atoms with Crippen molar-refractivity contribution in [2.45, 2.75) is 25.7 Å². The van der Waals surface area contributed by atoms with E-state index in [9.17, 15) is 0 Å². The molecular weight excluding hydrogens is 336 g/mol. The molecule has 0 saturated carbocycles. The second-order valence-electron chi connectivity index (χ2n) is 5.72. The van der Waals surface area contributed by atoms with Crippen molar-refractivity contribution < 1.29 is 14.6 Å². The molecule has 5 nitrogen and oxygen atoms in total. The van der Waals surface area contributed by atoms with E-state index in [1.165, 1.54) is 11.1 Å². The van der Waals surface area contributed by atoms with Crippen molar-refractivity contribution >= 4 is 34.2 Å². The first kappa shape index (κ1) is 17.6. The second kappa shape index (κ2) is 7.76. The van der Waals surface area contributed by atoms with Crippen molar-refractivity contribution in [1.29, 1.82) is 0 Å². The zero-order chi connectivity index (χ0) is 17.8. The summed E-state index contributed by atoms with van der Waals surface area (Å²) < 4.78 is 4.64. The summed E-state index contributed by atoms with van der Waals surface area (Å²) in [6, 6.07) is 15.6. The molecule has 6 heteroatoms. The summed E-state index contributed by atoms with van der Waals surface area (Å²) in [7, 11) is 0. The SMILES string of the molecule is Cc1ccc2cc(SOOO)c(N=Nc3ccccc3)c(C)c2c1C. The molecule has 0 saturated heterocycles. The van der Waals surface area contributed by atoms with Crippen LogP contribution in [0.2, 0.25) is 0 Å². The molecule has 3 rings (SSSR count). The summed E-state index contributed by atoms with van der Waals surface area (Å²) in [6.07, 6.45) is 0. The molecule has 3 aromatic carbocycles. The lowest BCUT2D eigenvalue weighted by Gasteiger charge is -2.13. The molecule has 3 aromatic rings. The van der Waals surface area contributed by atoms with Gasteiger partial charge < -0.3 is 0 Å². The average molecular weight is 354 g/mol. The van der Waals surface area contributed by atoms with E-state index in [2.05, 4.69) is 45.6 Å². The minimum Gasteiger partial charge on any atom is -0.220 e. The zero-order valence-electron chi connectivity index (χ0n) is 14.2. The molecule has 0 aliphatic heterocycles. The van der Waals surface area contributed by atoms with Crippen LogP contribution in [-0.4, -0.2) is 5.26 Å². The highest BCUT2D eigenvalue weighted by molar-refractivity contribution is 7.94. The van der Waals surface area contributed by atoms with Crippen LogP contribution in [0.25, 0.3) is 10.8 Å². The van der Waals surface area contributed by atoms with E-state index in [4.69, 9.17) is 5.26 Å². The van der Waals surface area contributed by atoms with Gasteiger partial charge in [-0.2, -0.15) is 5.11 Å². The Kier molecular flexibility index (Phi) is 5.45. The third-order valence-electron chi connectivity index (χ3n) is 4.19. The summed E-state index contributed by atoms with van der Waals surface area (Å²) in [4.78, 5) is 0.710. The number of nitrogens with zero attached hydrogens (tertiary/aromatic N) is 2. The van der Waals surface area contributed by atoms with Crippen LogP contribution < -0.4 is 0 Å². The summed E-state index contributed by atoms with van der Waals surface area (Å²) in [6.45, 7) is 6.20. The van der Waals surface area contributed by atoms with E-state index in [0.717, 1.165) is 34.1 Å². The minimum atomic E-state index is 0.687. The molecule has 0 heterocycles. The van der Waals surface area contributed by atoms with Crippen molar-refractivity contribution in [2.75, 3.05) is 0 Å². The standard InChI is InChI=1S/C19H18N2O3S/c1-12-9-10-15-11-17(25-24-23-22)19(14(3)18(15)13(12)2)21-20-16-7-5-4-6-8-16/h4-11,22H,1-3H3. The molecule has 0 fully saturated rings. The van der Waals surface area contributed by atoms with E-state index >= 15 is 0 Å². The topological polar surface area (TPSA) is 63.4 Å². The highest BCUT2D eigenvalue weighted by Gasteiger charge is 2.14. The molecule has 0 bridgehead atoms. The van der Waals surface area contributed by atoms with Crippen LogP contribution in [0.4, 0.5) is 11.4 Å². The maximum Gasteiger partial charge on any atom is 0.105 e. The summed E-state index contributed by atoms with van der Waals surface area (Å²) in [5.41, 5.74) is 4.88. The number of hydrogen-bond acceptors (Lipinski definition) is 6. The average Bonchev–Trinajstić information content (AvgIpc) is 2.63. The van der Waals surface area contributed by atoms with Crippen molar-refractivity contribution in [1.82, 2.24) is 0 Å². The van der Waals surface area contributed by atoms with Gasteiger partial charge in [0, 0.05) is 0 Å². The molecule has 0 amide bonds. The smallest absolute Gasteiger partial charge is 0.105 e. The summed E-state index contributed by atoms with van der Waals surface area (Å²) in [5, 5.41) is 23.2. The first-order valence-electron chi connectivity index (χ1n) is 7.77. The van der Waals surface area contributed by atoms with Crippen LogP contribution >= 0.6 is 12.0 Å². The van der Waals surface area contributed by atoms with E-state index < -0.39 is 0 Å². The Bertz CT molecular complexity index is 927. The Labute approximate surface area is 150 Å². The molecule has 0 aliphatic carbocycles. The van der Waals surface area contributed by atoms with Gasteiger partial charge >= 0.3 is 0 Å². The molecule has 0 aromatic heterocycles. The van der Waals surface area contributed by atoms with E-state index in [0.29, 0.717) is 10.6 Å². The van der Waals surface area contributed by atoms with Crippen molar-refractivity contribution in [3.05, 3.63) is 65.2 Å². The Hall–Kier alpha value is -2.25. The predicted molar refractivity (Wildman–Crippen MR) is 99.4 cm³/mol. The van der Waals surface area contributed by atoms with Gasteiger partial charge in [0.2, 0.25) is 0 Å². The molecule has 0 unspecified atom stereocenters. The van der Waals surface area contributed by atoms with Crippen LogP contribution in [-0.2, 0) is 9.37 Å². The lowest BCUT2D eigenvalue weighted by molar-refractivity contribution is -0.432. The number of benzene rings is 3. The third kappa shape index (κ3) is 3.72. The largest absolute Gasteiger partial charge is 0.220 e. The number of azo groups is 1. The van der Waals surface area contributed by atoms with E-state index in [1.54, 1.807) is 0 Å². The third-order valence-corrected chi connectivity index (χ3v) is 4.81. The number of aryl methyl sites for hydroxylation is 3. The highest BCUT2D eigenvalue weighted by Crippen LogP contribution is 2.40. The van der Waals surface area contributed by atoms with E-state index in [-0.39, 0.29) is 0 Å². The van der Waals surface area contributed by atoms with E-state index in [1.807, 2.05) is 43.3 Å². The Morgan fingerprint density at radius 1 is 0.920 bits per heavy atom.